The number of halogens is 1. The van der Waals surface area contributed by atoms with Crippen LogP contribution in [0.25, 0.3) is 0 Å². The minimum Gasteiger partial charge on any atom is -0.328 e. The van der Waals surface area contributed by atoms with E-state index in [0.29, 0.717) is 13.2 Å². The van der Waals surface area contributed by atoms with Crippen LogP contribution in [-0.4, -0.2) is 32.3 Å². The number of hydrogen-bond donors (Lipinski definition) is 1. The predicted molar refractivity (Wildman–Crippen MR) is 35.9 cm³/mol. The number of hydrogen-bond acceptors (Lipinski definition) is 3. The Morgan fingerprint density at radius 1 is 1.50 bits per heavy atom. The second-order valence-electron chi connectivity index (χ2n) is 1.43. The molecule has 0 aromatic rings. The Labute approximate surface area is 56.2 Å². The molecule has 0 aliphatic rings. The van der Waals surface area contributed by atoms with Crippen molar-refractivity contribution in [1.82, 2.24) is 5.06 Å². The molecule has 0 rings (SSSR count). The zero-order valence-corrected chi connectivity index (χ0v) is 6.07. The maximum atomic E-state index is 5.13. The van der Waals surface area contributed by atoms with Gasteiger partial charge in [0.15, 0.2) is 0 Å². The fourth-order valence-electron chi connectivity index (χ4n) is 0.235. The highest BCUT2D eigenvalue weighted by Gasteiger charge is 1.82. The van der Waals surface area contributed by atoms with Crippen LogP contribution in [0.15, 0.2) is 0 Å². The van der Waals surface area contributed by atoms with Crippen molar-refractivity contribution in [2.75, 3.05) is 27.2 Å². The van der Waals surface area contributed by atoms with Crippen molar-refractivity contribution in [1.29, 1.82) is 0 Å². The van der Waals surface area contributed by atoms with Crippen LogP contribution in [0.4, 0.5) is 0 Å². The molecule has 0 aromatic heterocycles. The van der Waals surface area contributed by atoms with Crippen molar-refractivity contribution in [3.8, 4) is 0 Å². The minimum absolute atomic E-state index is 0. The molecule has 0 aromatic carbocycles. The van der Waals surface area contributed by atoms with Gasteiger partial charge in [0.25, 0.3) is 0 Å². The largest absolute Gasteiger partial charge is 0.328 e. The monoisotopic (exact) mass is 140 g/mol. The van der Waals surface area contributed by atoms with Crippen molar-refractivity contribution in [3.63, 3.8) is 0 Å². The topological polar surface area (TPSA) is 38.5 Å². The molecule has 0 atom stereocenters. The average Bonchev–Trinajstić information content (AvgIpc) is 1.61. The quantitative estimate of drug-likeness (QED) is 0.555. The first-order chi connectivity index (χ1) is 3.27. The van der Waals surface area contributed by atoms with E-state index in [1.807, 2.05) is 14.1 Å². The van der Waals surface area contributed by atoms with Gasteiger partial charge in [-0.1, -0.05) is 0 Å². The van der Waals surface area contributed by atoms with E-state index in [1.165, 1.54) is 0 Å². The smallest absolute Gasteiger partial charge is 0.0807 e. The Hall–Kier alpha value is 0.170. The Morgan fingerprint density at radius 2 is 2.00 bits per heavy atom. The summed E-state index contributed by atoms with van der Waals surface area (Å²) in [6.45, 7) is 1.19. The van der Waals surface area contributed by atoms with Gasteiger partial charge in [0, 0.05) is 20.6 Å². The van der Waals surface area contributed by atoms with Crippen LogP contribution in [0.3, 0.4) is 0 Å². The number of nitrogens with two attached hydrogens (primary N) is 1. The molecular weight excluding hydrogens is 128 g/mol. The first-order valence-electron chi connectivity index (χ1n) is 2.27. The van der Waals surface area contributed by atoms with Crippen LogP contribution < -0.4 is 5.73 Å². The van der Waals surface area contributed by atoms with Crippen molar-refractivity contribution in [2.24, 2.45) is 5.73 Å². The van der Waals surface area contributed by atoms with Crippen molar-refractivity contribution in [3.05, 3.63) is 0 Å². The van der Waals surface area contributed by atoms with Crippen LogP contribution in [0, 0.1) is 0 Å². The van der Waals surface area contributed by atoms with Gasteiger partial charge in [-0.15, -0.1) is 12.4 Å². The van der Waals surface area contributed by atoms with E-state index >= 15 is 0 Å². The predicted octanol–water partition coefficient (Wildman–Crippen LogP) is -0.140. The summed E-state index contributed by atoms with van der Waals surface area (Å²) in [7, 11) is 3.66. The molecule has 0 unspecified atom stereocenters. The average molecular weight is 141 g/mol. The lowest BCUT2D eigenvalue weighted by Crippen LogP contribution is -2.18. The summed E-state index contributed by atoms with van der Waals surface area (Å²) in [4.78, 5) is 4.90. The Kier molecular flexibility index (Phi) is 9.89. The molecule has 2 N–H and O–H groups in total. The van der Waals surface area contributed by atoms with E-state index in [-0.39, 0.29) is 12.4 Å². The fraction of sp³-hybridized carbons (Fsp3) is 1.00. The molecule has 0 fully saturated rings. The zero-order valence-electron chi connectivity index (χ0n) is 5.26. The Balaban J connectivity index is 0. The SMILES string of the molecule is CN(C)OCCN.Cl. The highest BCUT2D eigenvalue weighted by Crippen LogP contribution is 1.72. The molecular formula is C4H13ClN2O. The lowest BCUT2D eigenvalue weighted by atomic mass is 10.7. The number of hydroxylamine groups is 2. The van der Waals surface area contributed by atoms with Gasteiger partial charge in [-0.05, 0) is 0 Å². The van der Waals surface area contributed by atoms with E-state index in [9.17, 15) is 0 Å². The number of rotatable bonds is 3. The summed E-state index contributed by atoms with van der Waals surface area (Å²) >= 11 is 0. The van der Waals surface area contributed by atoms with E-state index in [0.717, 1.165) is 0 Å². The lowest BCUT2D eigenvalue weighted by Gasteiger charge is -2.07. The third-order valence-electron chi connectivity index (χ3n) is 0.467. The molecule has 0 saturated heterocycles. The van der Waals surface area contributed by atoms with Gasteiger partial charge in [-0.2, -0.15) is 5.06 Å². The van der Waals surface area contributed by atoms with Gasteiger partial charge >= 0.3 is 0 Å². The molecule has 8 heavy (non-hydrogen) atoms. The van der Waals surface area contributed by atoms with Gasteiger partial charge in [-0.3, -0.25) is 4.84 Å². The summed E-state index contributed by atoms with van der Waals surface area (Å²) in [5.74, 6) is 0. The molecule has 0 aliphatic carbocycles. The van der Waals surface area contributed by atoms with E-state index in [2.05, 4.69) is 0 Å². The molecule has 52 valence electrons. The minimum atomic E-state index is 0. The van der Waals surface area contributed by atoms with Gasteiger partial charge in [-0.25, -0.2) is 0 Å². The van der Waals surface area contributed by atoms with E-state index < -0.39 is 0 Å². The molecule has 4 heteroatoms. The van der Waals surface area contributed by atoms with Crippen molar-refractivity contribution >= 4 is 12.4 Å². The molecule has 0 amide bonds. The van der Waals surface area contributed by atoms with Crippen LogP contribution >= 0.6 is 12.4 Å². The fourth-order valence-corrected chi connectivity index (χ4v) is 0.235. The molecule has 0 aliphatic heterocycles. The van der Waals surface area contributed by atoms with Gasteiger partial charge in [0.05, 0.1) is 6.61 Å². The van der Waals surface area contributed by atoms with Crippen LogP contribution in [0.2, 0.25) is 0 Å². The normalized spacial score (nSPS) is 9.00. The first kappa shape index (κ1) is 11.0. The molecule has 0 bridgehead atoms. The van der Waals surface area contributed by atoms with Crippen molar-refractivity contribution in [2.45, 2.75) is 0 Å². The standard InChI is InChI=1S/C4H12N2O.ClH/c1-6(2)7-4-3-5;/h3-5H2,1-2H3;1H. The second-order valence-corrected chi connectivity index (χ2v) is 1.43. The van der Waals surface area contributed by atoms with Crippen LogP contribution in [0.5, 0.6) is 0 Å². The maximum Gasteiger partial charge on any atom is 0.0807 e. The van der Waals surface area contributed by atoms with Gasteiger partial charge in [0.1, 0.15) is 0 Å². The summed E-state index contributed by atoms with van der Waals surface area (Å²) in [5, 5.41) is 1.63. The summed E-state index contributed by atoms with van der Waals surface area (Å²) in [5.41, 5.74) is 5.13. The molecule has 3 nitrogen and oxygen atoms in total. The third-order valence-corrected chi connectivity index (χ3v) is 0.467. The van der Waals surface area contributed by atoms with Gasteiger partial charge < -0.3 is 5.73 Å². The summed E-state index contributed by atoms with van der Waals surface area (Å²) in [6, 6.07) is 0. The zero-order chi connectivity index (χ0) is 5.70. The highest BCUT2D eigenvalue weighted by atomic mass is 35.5. The molecule has 0 saturated carbocycles. The summed E-state index contributed by atoms with van der Waals surface area (Å²) < 4.78 is 0. The van der Waals surface area contributed by atoms with Crippen LogP contribution in [-0.2, 0) is 4.84 Å². The second kappa shape index (κ2) is 7.17. The maximum absolute atomic E-state index is 5.13. The number of nitrogens with zero attached hydrogens (tertiary/aromatic N) is 1. The molecule has 0 heterocycles. The highest BCUT2D eigenvalue weighted by molar-refractivity contribution is 5.85. The third kappa shape index (κ3) is 9.48. The van der Waals surface area contributed by atoms with Crippen molar-refractivity contribution < 1.29 is 4.84 Å². The molecule has 0 radical (unpaired) electrons. The Morgan fingerprint density at radius 3 is 2.12 bits per heavy atom. The Bertz CT molecular complexity index is 43.0. The van der Waals surface area contributed by atoms with E-state index in [4.69, 9.17) is 10.6 Å². The molecule has 0 spiro atoms. The van der Waals surface area contributed by atoms with Gasteiger partial charge in [0.2, 0.25) is 0 Å². The summed E-state index contributed by atoms with van der Waals surface area (Å²) in [6.07, 6.45) is 0. The lowest BCUT2D eigenvalue weighted by molar-refractivity contribution is -0.115. The van der Waals surface area contributed by atoms with E-state index in [1.54, 1.807) is 5.06 Å². The first-order valence-corrected chi connectivity index (χ1v) is 2.27. The van der Waals surface area contributed by atoms with Crippen LogP contribution in [0.1, 0.15) is 0 Å².